The Balaban J connectivity index is 1.58. The maximum absolute atomic E-state index is 4.09. The van der Waals surface area contributed by atoms with Crippen molar-refractivity contribution in [2.75, 3.05) is 4.90 Å². The molecule has 0 aliphatic heterocycles. The smallest absolute Gasteiger partial charge is 0.0462 e. The number of nitrogens with zero attached hydrogens (tertiary/aromatic N) is 1. The molecule has 0 heterocycles. The van der Waals surface area contributed by atoms with E-state index >= 15 is 0 Å². The molecule has 31 heavy (non-hydrogen) atoms. The van der Waals surface area contributed by atoms with Crippen molar-refractivity contribution in [3.05, 3.63) is 132 Å². The molecule has 1 heteroatoms. The molecule has 150 valence electrons. The van der Waals surface area contributed by atoms with Gasteiger partial charge >= 0.3 is 0 Å². The van der Waals surface area contributed by atoms with Crippen LogP contribution in [0.2, 0.25) is 0 Å². The summed E-state index contributed by atoms with van der Waals surface area (Å²) in [7, 11) is 0. The number of allylic oxidation sites excluding steroid dienone is 1. The van der Waals surface area contributed by atoms with E-state index in [0.29, 0.717) is 0 Å². The van der Waals surface area contributed by atoms with E-state index in [0.717, 1.165) is 40.2 Å². The van der Waals surface area contributed by atoms with Crippen LogP contribution >= 0.6 is 0 Å². The minimum Gasteiger partial charge on any atom is -0.311 e. The Labute approximate surface area is 185 Å². The van der Waals surface area contributed by atoms with E-state index in [1.165, 1.54) is 5.56 Å². The molecule has 0 N–H and O–H groups in total. The van der Waals surface area contributed by atoms with Crippen LogP contribution in [0, 0.1) is 11.8 Å². The SMILES string of the molecule is C=C(CC)c1ccc(C#Cc2ccc(N(c3ccccc3)c3ccccc3)cc2)cc1. The first-order chi connectivity index (χ1) is 15.2. The maximum atomic E-state index is 4.09. The number of hydrogen-bond acceptors (Lipinski definition) is 1. The lowest BCUT2D eigenvalue weighted by atomic mass is 10.0. The summed E-state index contributed by atoms with van der Waals surface area (Å²) < 4.78 is 0. The van der Waals surface area contributed by atoms with Crippen molar-refractivity contribution in [1.82, 2.24) is 0 Å². The molecule has 0 atom stereocenters. The highest BCUT2D eigenvalue weighted by Gasteiger charge is 2.11. The number of rotatable bonds is 5. The fraction of sp³-hybridized carbons (Fsp3) is 0.0667. The zero-order chi connectivity index (χ0) is 21.5. The predicted molar refractivity (Wildman–Crippen MR) is 133 cm³/mol. The molecular weight excluding hydrogens is 374 g/mol. The minimum atomic E-state index is 0.959. The van der Waals surface area contributed by atoms with Crippen LogP contribution in [0.4, 0.5) is 17.1 Å². The predicted octanol–water partition coefficient (Wildman–Crippen LogP) is 7.98. The second kappa shape index (κ2) is 9.65. The van der Waals surface area contributed by atoms with E-state index in [9.17, 15) is 0 Å². The molecule has 0 unspecified atom stereocenters. The summed E-state index contributed by atoms with van der Waals surface area (Å²) in [6.07, 6.45) is 0.959. The first-order valence-corrected chi connectivity index (χ1v) is 10.5. The van der Waals surface area contributed by atoms with Gasteiger partial charge < -0.3 is 4.90 Å². The zero-order valence-corrected chi connectivity index (χ0v) is 17.8. The molecule has 1 nitrogen and oxygen atoms in total. The van der Waals surface area contributed by atoms with E-state index in [2.05, 4.69) is 127 Å². The lowest BCUT2D eigenvalue weighted by molar-refractivity contribution is 1.24. The van der Waals surface area contributed by atoms with E-state index < -0.39 is 0 Å². The fourth-order valence-electron chi connectivity index (χ4n) is 3.43. The molecule has 0 aromatic heterocycles. The molecule has 0 fully saturated rings. The van der Waals surface area contributed by atoms with Gasteiger partial charge in [0.15, 0.2) is 0 Å². The van der Waals surface area contributed by atoms with E-state index in [-0.39, 0.29) is 0 Å². The second-order valence-corrected chi connectivity index (χ2v) is 7.34. The van der Waals surface area contributed by atoms with Gasteiger partial charge in [0.25, 0.3) is 0 Å². The van der Waals surface area contributed by atoms with Crippen LogP contribution in [-0.2, 0) is 0 Å². The number of hydrogen-bond donors (Lipinski definition) is 0. The van der Waals surface area contributed by atoms with Crippen molar-refractivity contribution in [3.8, 4) is 11.8 Å². The Morgan fingerprint density at radius 1 is 0.613 bits per heavy atom. The molecule has 0 saturated carbocycles. The Kier molecular flexibility index (Phi) is 6.31. The van der Waals surface area contributed by atoms with Crippen molar-refractivity contribution in [2.24, 2.45) is 0 Å². The highest BCUT2D eigenvalue weighted by atomic mass is 15.1. The molecule has 0 spiro atoms. The third kappa shape index (κ3) is 4.94. The van der Waals surface area contributed by atoms with Crippen molar-refractivity contribution in [2.45, 2.75) is 13.3 Å². The van der Waals surface area contributed by atoms with Crippen molar-refractivity contribution < 1.29 is 0 Å². The molecular formula is C30H25N. The van der Waals surface area contributed by atoms with Crippen LogP contribution in [0.25, 0.3) is 5.57 Å². The van der Waals surface area contributed by atoms with E-state index in [1.807, 2.05) is 12.1 Å². The van der Waals surface area contributed by atoms with Crippen molar-refractivity contribution >= 4 is 22.6 Å². The van der Waals surface area contributed by atoms with Gasteiger partial charge in [0, 0.05) is 28.2 Å². The summed E-state index contributed by atoms with van der Waals surface area (Å²) in [5.41, 5.74) is 7.68. The fourth-order valence-corrected chi connectivity index (χ4v) is 3.43. The van der Waals surface area contributed by atoms with Crippen molar-refractivity contribution in [3.63, 3.8) is 0 Å². The molecule has 0 radical (unpaired) electrons. The molecule has 4 rings (SSSR count). The standard InChI is InChI=1S/C30H25N/c1-3-24(2)27-20-16-25(17-21-27)14-15-26-18-22-30(23-19-26)31(28-10-6-4-7-11-28)29-12-8-5-9-13-29/h4-13,16-23H,2-3H2,1H3. The molecule has 0 bridgehead atoms. The Morgan fingerprint density at radius 3 is 1.48 bits per heavy atom. The molecule has 4 aromatic carbocycles. The van der Waals surface area contributed by atoms with E-state index in [1.54, 1.807) is 0 Å². The second-order valence-electron chi connectivity index (χ2n) is 7.34. The van der Waals surface area contributed by atoms with Gasteiger partial charge in [0.1, 0.15) is 0 Å². The normalized spacial score (nSPS) is 10.1. The average Bonchev–Trinajstić information content (AvgIpc) is 2.85. The van der Waals surface area contributed by atoms with Crippen LogP contribution in [-0.4, -0.2) is 0 Å². The molecule has 0 aliphatic carbocycles. The van der Waals surface area contributed by atoms with Crippen LogP contribution in [0.1, 0.15) is 30.0 Å². The Hall–Kier alpha value is -4.02. The maximum Gasteiger partial charge on any atom is 0.0462 e. The summed E-state index contributed by atoms with van der Waals surface area (Å²) in [6.45, 7) is 6.21. The first-order valence-electron chi connectivity index (χ1n) is 10.5. The van der Waals surface area contributed by atoms with E-state index in [4.69, 9.17) is 0 Å². The number of anilines is 3. The summed E-state index contributed by atoms with van der Waals surface area (Å²) in [5, 5.41) is 0. The molecule has 0 aliphatic rings. The van der Waals surface area contributed by atoms with Crippen LogP contribution < -0.4 is 4.90 Å². The lowest BCUT2D eigenvalue weighted by Crippen LogP contribution is -2.09. The Morgan fingerprint density at radius 2 is 1.03 bits per heavy atom. The molecule has 0 amide bonds. The summed E-state index contributed by atoms with van der Waals surface area (Å²) in [6, 6.07) is 37.5. The lowest BCUT2D eigenvalue weighted by Gasteiger charge is -2.25. The van der Waals surface area contributed by atoms with Crippen LogP contribution in [0.5, 0.6) is 0 Å². The van der Waals surface area contributed by atoms with Gasteiger partial charge in [0.2, 0.25) is 0 Å². The highest BCUT2D eigenvalue weighted by Crippen LogP contribution is 2.33. The van der Waals surface area contributed by atoms with Gasteiger partial charge in [-0.25, -0.2) is 0 Å². The van der Waals surface area contributed by atoms with Gasteiger partial charge in [0.05, 0.1) is 0 Å². The Bertz CT molecular complexity index is 1150. The van der Waals surface area contributed by atoms with Crippen molar-refractivity contribution in [1.29, 1.82) is 0 Å². The topological polar surface area (TPSA) is 3.24 Å². The quantitative estimate of drug-likeness (QED) is 0.307. The summed E-state index contributed by atoms with van der Waals surface area (Å²) >= 11 is 0. The third-order valence-corrected chi connectivity index (χ3v) is 5.23. The number of benzene rings is 4. The van der Waals surface area contributed by atoms with Gasteiger partial charge in [-0.3, -0.25) is 0 Å². The van der Waals surface area contributed by atoms with Gasteiger partial charge in [-0.2, -0.15) is 0 Å². The summed E-state index contributed by atoms with van der Waals surface area (Å²) in [4.78, 5) is 2.25. The average molecular weight is 400 g/mol. The van der Waals surface area contributed by atoms with Gasteiger partial charge in [-0.15, -0.1) is 0 Å². The first kappa shape index (κ1) is 20.3. The van der Waals surface area contributed by atoms with Crippen LogP contribution in [0.3, 0.4) is 0 Å². The zero-order valence-electron chi connectivity index (χ0n) is 17.8. The largest absolute Gasteiger partial charge is 0.311 e. The number of para-hydroxylation sites is 2. The monoisotopic (exact) mass is 399 g/mol. The van der Waals surface area contributed by atoms with Gasteiger partial charge in [-0.1, -0.05) is 73.9 Å². The third-order valence-electron chi connectivity index (χ3n) is 5.23. The molecule has 0 saturated heterocycles. The minimum absolute atomic E-state index is 0.959. The highest BCUT2D eigenvalue weighted by molar-refractivity contribution is 5.76. The van der Waals surface area contributed by atoms with Gasteiger partial charge in [-0.05, 0) is 78.2 Å². The summed E-state index contributed by atoms with van der Waals surface area (Å²) in [5.74, 6) is 6.54. The molecule has 4 aromatic rings. The van der Waals surface area contributed by atoms with Crippen LogP contribution in [0.15, 0.2) is 116 Å².